The zero-order valence-electron chi connectivity index (χ0n) is 20.1. The van der Waals surface area contributed by atoms with Crippen molar-refractivity contribution in [3.63, 3.8) is 0 Å². The Morgan fingerprint density at radius 3 is 1.62 bits per heavy atom. The molecule has 2 aliphatic rings. The first kappa shape index (κ1) is 28.1. The van der Waals surface area contributed by atoms with Crippen LogP contribution in [0.3, 0.4) is 0 Å². The highest BCUT2D eigenvalue weighted by atomic mass is 15.2. The zero-order valence-corrected chi connectivity index (χ0v) is 20.1. The molecule has 2 saturated heterocycles. The summed E-state index contributed by atoms with van der Waals surface area (Å²) in [5.41, 5.74) is 0.419. The summed E-state index contributed by atoms with van der Waals surface area (Å²) < 4.78 is 0. The van der Waals surface area contributed by atoms with E-state index in [-0.39, 0.29) is 0 Å². The first-order valence-electron chi connectivity index (χ1n) is 12.0. The van der Waals surface area contributed by atoms with E-state index >= 15 is 0 Å². The molecule has 2 heteroatoms. The van der Waals surface area contributed by atoms with Crippen LogP contribution >= 0.6 is 0 Å². The highest BCUT2D eigenvalue weighted by Crippen LogP contribution is 2.33. The number of hydrogen-bond acceptors (Lipinski definition) is 2. The van der Waals surface area contributed by atoms with Crippen molar-refractivity contribution in [2.45, 2.75) is 119 Å². The first-order chi connectivity index (χ1) is 12.5. The van der Waals surface area contributed by atoms with Gasteiger partial charge in [0.25, 0.3) is 0 Å². The standard InChI is InChI=1S/C14H28N2.C6H14.2C2H6/c1-12-6-10-16(11-7-12)14(2,3)13-4-8-15-9-5-13;1-3-5-6-4-2;2*1-2/h12-13,15H,4-11H2,1-3H3;3-6H2,1-2H3;2*1-2H3. The van der Waals surface area contributed by atoms with Gasteiger partial charge in [0.05, 0.1) is 0 Å². The maximum Gasteiger partial charge on any atom is 0.0182 e. The second-order valence-electron chi connectivity index (χ2n) is 8.05. The summed E-state index contributed by atoms with van der Waals surface area (Å²) in [7, 11) is 0. The topological polar surface area (TPSA) is 15.3 Å². The highest BCUT2D eigenvalue weighted by Gasteiger charge is 2.36. The number of likely N-dealkylation sites (tertiary alicyclic amines) is 1. The molecule has 0 atom stereocenters. The summed E-state index contributed by atoms with van der Waals surface area (Å²) in [5.74, 6) is 1.84. The van der Waals surface area contributed by atoms with E-state index in [9.17, 15) is 0 Å². The van der Waals surface area contributed by atoms with Gasteiger partial charge in [0.2, 0.25) is 0 Å². The van der Waals surface area contributed by atoms with Crippen LogP contribution in [0.2, 0.25) is 0 Å². The lowest BCUT2D eigenvalue weighted by atomic mass is 9.78. The molecule has 160 valence electrons. The Morgan fingerprint density at radius 1 is 0.808 bits per heavy atom. The average molecular weight is 371 g/mol. The van der Waals surface area contributed by atoms with Crippen molar-refractivity contribution in [2.75, 3.05) is 26.2 Å². The monoisotopic (exact) mass is 370 g/mol. The molecule has 0 amide bonds. The van der Waals surface area contributed by atoms with E-state index in [1.54, 1.807) is 0 Å². The Kier molecular flexibility index (Phi) is 19.8. The van der Waals surface area contributed by atoms with Crippen molar-refractivity contribution < 1.29 is 0 Å². The number of piperidine rings is 2. The predicted octanol–water partition coefficient (Wildman–Crippen LogP) is 7.14. The molecular weight excluding hydrogens is 316 g/mol. The van der Waals surface area contributed by atoms with Gasteiger partial charge in [-0.1, -0.05) is 74.1 Å². The van der Waals surface area contributed by atoms with Crippen molar-refractivity contribution in [2.24, 2.45) is 11.8 Å². The molecule has 0 aromatic heterocycles. The minimum Gasteiger partial charge on any atom is -0.317 e. The van der Waals surface area contributed by atoms with Gasteiger partial charge < -0.3 is 5.32 Å². The normalized spacial score (nSPS) is 19.3. The van der Waals surface area contributed by atoms with Gasteiger partial charge in [-0.15, -0.1) is 0 Å². The Hall–Kier alpha value is -0.0800. The van der Waals surface area contributed by atoms with Crippen LogP contribution in [0.5, 0.6) is 0 Å². The molecule has 0 saturated carbocycles. The number of nitrogens with zero attached hydrogens (tertiary/aromatic N) is 1. The Balaban J connectivity index is 0. The molecule has 0 radical (unpaired) electrons. The predicted molar refractivity (Wildman–Crippen MR) is 122 cm³/mol. The lowest BCUT2D eigenvalue weighted by Gasteiger charge is -2.48. The quantitative estimate of drug-likeness (QED) is 0.517. The zero-order chi connectivity index (χ0) is 20.4. The van der Waals surface area contributed by atoms with Crippen LogP contribution in [0.4, 0.5) is 0 Å². The molecule has 2 rings (SSSR count). The van der Waals surface area contributed by atoms with Gasteiger partial charge in [0.1, 0.15) is 0 Å². The maximum atomic E-state index is 3.48. The van der Waals surface area contributed by atoms with Crippen LogP contribution in [0.1, 0.15) is 114 Å². The van der Waals surface area contributed by atoms with E-state index in [0.717, 1.165) is 11.8 Å². The fourth-order valence-corrected chi connectivity index (χ4v) is 3.87. The fraction of sp³-hybridized carbons (Fsp3) is 1.00. The largest absolute Gasteiger partial charge is 0.317 e. The first-order valence-corrected chi connectivity index (χ1v) is 12.0. The van der Waals surface area contributed by atoms with E-state index in [0.29, 0.717) is 5.54 Å². The number of nitrogens with one attached hydrogen (secondary N) is 1. The third-order valence-electron chi connectivity index (χ3n) is 5.89. The van der Waals surface area contributed by atoms with Crippen LogP contribution in [0.15, 0.2) is 0 Å². The van der Waals surface area contributed by atoms with Crippen molar-refractivity contribution in [3.8, 4) is 0 Å². The summed E-state index contributed by atoms with van der Waals surface area (Å²) >= 11 is 0. The molecule has 0 aliphatic carbocycles. The third-order valence-corrected chi connectivity index (χ3v) is 5.89. The van der Waals surface area contributed by atoms with Gasteiger partial charge in [-0.05, 0) is 77.5 Å². The molecule has 1 N–H and O–H groups in total. The van der Waals surface area contributed by atoms with Crippen molar-refractivity contribution >= 4 is 0 Å². The Labute approximate surface area is 167 Å². The molecule has 2 heterocycles. The average Bonchev–Trinajstić information content (AvgIpc) is 2.71. The van der Waals surface area contributed by atoms with Gasteiger partial charge in [0, 0.05) is 5.54 Å². The van der Waals surface area contributed by atoms with Crippen molar-refractivity contribution in [1.82, 2.24) is 10.2 Å². The van der Waals surface area contributed by atoms with E-state index in [2.05, 4.69) is 44.8 Å². The van der Waals surface area contributed by atoms with Gasteiger partial charge in [-0.3, -0.25) is 4.90 Å². The van der Waals surface area contributed by atoms with Gasteiger partial charge in [-0.2, -0.15) is 0 Å². The van der Waals surface area contributed by atoms with E-state index in [1.165, 1.54) is 77.5 Å². The van der Waals surface area contributed by atoms with Crippen LogP contribution in [-0.4, -0.2) is 36.6 Å². The van der Waals surface area contributed by atoms with Crippen LogP contribution in [0, 0.1) is 11.8 Å². The SMILES string of the molecule is CC.CC.CC1CCN(C(C)(C)C2CCNCC2)CC1.CCCCCC. The number of rotatable bonds is 5. The molecule has 0 spiro atoms. The molecule has 26 heavy (non-hydrogen) atoms. The maximum absolute atomic E-state index is 3.48. The number of hydrogen-bond donors (Lipinski definition) is 1. The summed E-state index contributed by atoms with van der Waals surface area (Å²) in [5, 5.41) is 3.48. The smallest absolute Gasteiger partial charge is 0.0182 e. The third kappa shape index (κ3) is 11.6. The molecule has 0 unspecified atom stereocenters. The fourth-order valence-electron chi connectivity index (χ4n) is 3.87. The molecule has 2 aliphatic heterocycles. The lowest BCUT2D eigenvalue weighted by Crippen LogP contribution is -2.54. The second-order valence-corrected chi connectivity index (χ2v) is 8.05. The molecular formula is C24H54N2. The molecule has 0 bridgehead atoms. The van der Waals surface area contributed by atoms with Crippen LogP contribution < -0.4 is 5.32 Å². The van der Waals surface area contributed by atoms with Crippen molar-refractivity contribution in [1.29, 1.82) is 0 Å². The van der Waals surface area contributed by atoms with Crippen LogP contribution in [-0.2, 0) is 0 Å². The Morgan fingerprint density at radius 2 is 1.23 bits per heavy atom. The number of unbranched alkanes of at least 4 members (excludes halogenated alkanes) is 3. The highest BCUT2D eigenvalue weighted by molar-refractivity contribution is 4.92. The molecule has 0 aromatic carbocycles. The van der Waals surface area contributed by atoms with Gasteiger partial charge in [-0.25, -0.2) is 0 Å². The van der Waals surface area contributed by atoms with E-state index in [1.807, 2.05) is 27.7 Å². The van der Waals surface area contributed by atoms with E-state index < -0.39 is 0 Å². The van der Waals surface area contributed by atoms with Gasteiger partial charge >= 0.3 is 0 Å². The van der Waals surface area contributed by atoms with Gasteiger partial charge in [0.15, 0.2) is 0 Å². The minimum absolute atomic E-state index is 0.419. The minimum atomic E-state index is 0.419. The second kappa shape index (κ2) is 18.3. The van der Waals surface area contributed by atoms with Crippen molar-refractivity contribution in [3.05, 3.63) is 0 Å². The molecule has 2 fully saturated rings. The molecule has 2 nitrogen and oxygen atoms in total. The summed E-state index contributed by atoms with van der Waals surface area (Å²) in [4.78, 5) is 2.75. The van der Waals surface area contributed by atoms with Crippen LogP contribution in [0.25, 0.3) is 0 Å². The molecule has 0 aromatic rings. The summed E-state index contributed by atoms with van der Waals surface area (Å²) in [6.45, 7) is 24.9. The summed E-state index contributed by atoms with van der Waals surface area (Å²) in [6, 6.07) is 0. The van der Waals surface area contributed by atoms with E-state index in [4.69, 9.17) is 0 Å². The Bertz CT molecular complexity index is 257. The lowest BCUT2D eigenvalue weighted by molar-refractivity contribution is 0.0215. The summed E-state index contributed by atoms with van der Waals surface area (Å²) in [6.07, 6.45) is 11.1.